The maximum atomic E-state index is 14.2. The highest BCUT2D eigenvalue weighted by atomic mass is 19.1. The second-order valence-electron chi connectivity index (χ2n) is 5.57. The molecular weight excluding hydrogens is 278 g/mol. The van der Waals surface area contributed by atoms with Crippen LogP contribution in [0.5, 0.6) is 0 Å². The van der Waals surface area contributed by atoms with Crippen molar-refractivity contribution >= 4 is 5.69 Å². The molecule has 0 spiro atoms. The predicted molar refractivity (Wildman–Crippen MR) is 77.4 cm³/mol. The van der Waals surface area contributed by atoms with E-state index in [1.807, 2.05) is 13.8 Å². The fourth-order valence-corrected chi connectivity index (χ4v) is 2.38. The third-order valence-electron chi connectivity index (χ3n) is 3.45. The zero-order valence-corrected chi connectivity index (χ0v) is 12.4. The van der Waals surface area contributed by atoms with Crippen molar-refractivity contribution in [1.29, 1.82) is 0 Å². The predicted octanol–water partition coefficient (Wildman–Crippen LogP) is 1.66. The van der Waals surface area contributed by atoms with E-state index in [1.165, 1.54) is 12.1 Å². The van der Waals surface area contributed by atoms with Crippen LogP contribution in [0.2, 0.25) is 0 Å². The van der Waals surface area contributed by atoms with Gasteiger partial charge in [-0.3, -0.25) is 0 Å². The van der Waals surface area contributed by atoms with Gasteiger partial charge in [0.1, 0.15) is 17.3 Å². The van der Waals surface area contributed by atoms with Crippen LogP contribution in [0.1, 0.15) is 19.4 Å². The number of morpholine rings is 1. The lowest BCUT2D eigenvalue weighted by atomic mass is 10.1. The van der Waals surface area contributed by atoms with Crippen LogP contribution in [0.15, 0.2) is 12.1 Å². The van der Waals surface area contributed by atoms with E-state index < -0.39 is 17.7 Å². The standard InChI is InChI=1S/C15H22F2N2O2/c1-10(2)18-7-11-5-13(16)15(14(17)6-11)19-3-4-21-12(8-19)9-20/h5-6,10,12,18,20H,3-4,7-9H2,1-2H3. The monoisotopic (exact) mass is 300 g/mol. The highest BCUT2D eigenvalue weighted by Crippen LogP contribution is 2.26. The van der Waals surface area contributed by atoms with Crippen molar-refractivity contribution in [3.63, 3.8) is 0 Å². The van der Waals surface area contributed by atoms with Gasteiger partial charge in [-0.05, 0) is 17.7 Å². The summed E-state index contributed by atoms with van der Waals surface area (Å²) in [5.41, 5.74) is 0.541. The number of aliphatic hydroxyl groups excluding tert-OH is 1. The molecule has 21 heavy (non-hydrogen) atoms. The van der Waals surface area contributed by atoms with Gasteiger partial charge in [0, 0.05) is 25.7 Å². The SMILES string of the molecule is CC(C)NCc1cc(F)c(N2CCOC(CO)C2)c(F)c1. The number of hydrogen-bond acceptors (Lipinski definition) is 4. The number of rotatable bonds is 5. The van der Waals surface area contributed by atoms with Crippen LogP contribution in [0, 0.1) is 11.6 Å². The van der Waals surface area contributed by atoms with Crippen molar-refractivity contribution in [3.05, 3.63) is 29.3 Å². The third-order valence-corrected chi connectivity index (χ3v) is 3.45. The van der Waals surface area contributed by atoms with Crippen molar-refractivity contribution in [2.45, 2.75) is 32.5 Å². The van der Waals surface area contributed by atoms with Crippen molar-refractivity contribution < 1.29 is 18.6 Å². The van der Waals surface area contributed by atoms with Gasteiger partial charge in [-0.1, -0.05) is 13.8 Å². The van der Waals surface area contributed by atoms with E-state index in [0.717, 1.165) is 0 Å². The highest BCUT2D eigenvalue weighted by Gasteiger charge is 2.25. The zero-order valence-electron chi connectivity index (χ0n) is 12.4. The van der Waals surface area contributed by atoms with Crippen molar-refractivity contribution in [2.75, 3.05) is 31.2 Å². The summed E-state index contributed by atoms with van der Waals surface area (Å²) in [5, 5.41) is 12.2. The first-order valence-corrected chi connectivity index (χ1v) is 7.20. The summed E-state index contributed by atoms with van der Waals surface area (Å²) in [6.45, 7) is 5.26. The second kappa shape index (κ2) is 7.15. The lowest BCUT2D eigenvalue weighted by Gasteiger charge is -2.34. The molecule has 1 saturated heterocycles. The van der Waals surface area contributed by atoms with Crippen LogP contribution in [-0.2, 0) is 11.3 Å². The normalized spacial score (nSPS) is 19.3. The summed E-state index contributed by atoms with van der Waals surface area (Å²) in [7, 11) is 0. The summed E-state index contributed by atoms with van der Waals surface area (Å²) in [6.07, 6.45) is -0.403. The fraction of sp³-hybridized carbons (Fsp3) is 0.600. The third kappa shape index (κ3) is 4.12. The average molecular weight is 300 g/mol. The number of nitrogens with zero attached hydrogens (tertiary/aromatic N) is 1. The van der Waals surface area contributed by atoms with Crippen LogP contribution in [0.3, 0.4) is 0 Å². The molecule has 0 radical (unpaired) electrons. The highest BCUT2D eigenvalue weighted by molar-refractivity contribution is 5.51. The quantitative estimate of drug-likeness (QED) is 0.868. The van der Waals surface area contributed by atoms with Gasteiger partial charge in [0.15, 0.2) is 0 Å². The number of anilines is 1. The smallest absolute Gasteiger partial charge is 0.149 e. The number of hydrogen-bond donors (Lipinski definition) is 2. The molecule has 1 aliphatic rings. The number of halogens is 2. The molecule has 2 N–H and O–H groups in total. The van der Waals surface area contributed by atoms with Gasteiger partial charge in [0.25, 0.3) is 0 Å². The first-order valence-electron chi connectivity index (χ1n) is 7.20. The molecule has 1 aromatic rings. The Kier molecular flexibility index (Phi) is 5.50. The van der Waals surface area contributed by atoms with Gasteiger partial charge < -0.3 is 20.1 Å². The first-order chi connectivity index (χ1) is 10.0. The van der Waals surface area contributed by atoms with E-state index in [9.17, 15) is 8.78 Å². The Hall–Kier alpha value is -1.24. The van der Waals surface area contributed by atoms with Gasteiger partial charge in [-0.15, -0.1) is 0 Å². The molecule has 1 fully saturated rings. The summed E-state index contributed by atoms with van der Waals surface area (Å²) < 4.78 is 33.8. The van der Waals surface area contributed by atoms with Gasteiger partial charge in [0.05, 0.1) is 19.3 Å². The molecule has 0 aromatic heterocycles. The Labute approximate surface area is 123 Å². The molecule has 0 bridgehead atoms. The largest absolute Gasteiger partial charge is 0.394 e. The molecule has 0 amide bonds. The van der Waals surface area contributed by atoms with Crippen molar-refractivity contribution in [2.24, 2.45) is 0 Å². The van der Waals surface area contributed by atoms with Crippen LogP contribution >= 0.6 is 0 Å². The Balaban J connectivity index is 2.16. The van der Waals surface area contributed by atoms with E-state index in [2.05, 4.69) is 5.32 Å². The number of aliphatic hydroxyl groups is 1. The number of ether oxygens (including phenoxy) is 1. The Morgan fingerprint density at radius 2 is 2.05 bits per heavy atom. The minimum atomic E-state index is -0.575. The molecule has 2 rings (SSSR count). The van der Waals surface area contributed by atoms with E-state index in [4.69, 9.17) is 9.84 Å². The second-order valence-corrected chi connectivity index (χ2v) is 5.57. The zero-order chi connectivity index (χ0) is 15.4. The molecule has 1 unspecified atom stereocenters. The minimum Gasteiger partial charge on any atom is -0.394 e. The molecule has 0 aliphatic carbocycles. The topological polar surface area (TPSA) is 44.7 Å². The lowest BCUT2D eigenvalue weighted by molar-refractivity contribution is 0.00323. The van der Waals surface area contributed by atoms with Gasteiger partial charge in [-0.25, -0.2) is 8.78 Å². The van der Waals surface area contributed by atoms with Crippen LogP contribution in [0.25, 0.3) is 0 Å². The molecule has 1 heterocycles. The Bertz CT molecular complexity index is 460. The fourth-order valence-electron chi connectivity index (χ4n) is 2.38. The van der Waals surface area contributed by atoms with Gasteiger partial charge >= 0.3 is 0 Å². The van der Waals surface area contributed by atoms with E-state index in [1.54, 1.807) is 4.90 Å². The minimum absolute atomic E-state index is 0.0370. The molecule has 118 valence electrons. The molecule has 1 atom stereocenters. The summed E-state index contributed by atoms with van der Waals surface area (Å²) >= 11 is 0. The first kappa shape index (κ1) is 16.1. The van der Waals surface area contributed by atoms with Gasteiger partial charge in [-0.2, -0.15) is 0 Å². The molecule has 1 aromatic carbocycles. The Morgan fingerprint density at radius 1 is 1.38 bits per heavy atom. The van der Waals surface area contributed by atoms with E-state index >= 15 is 0 Å². The summed E-state index contributed by atoms with van der Waals surface area (Å²) in [5.74, 6) is -1.15. The molecule has 4 nitrogen and oxygen atoms in total. The molecule has 6 heteroatoms. The van der Waals surface area contributed by atoms with Crippen LogP contribution in [0.4, 0.5) is 14.5 Å². The van der Waals surface area contributed by atoms with E-state index in [-0.39, 0.29) is 24.9 Å². The van der Waals surface area contributed by atoms with Crippen LogP contribution in [-0.4, -0.2) is 43.6 Å². The number of benzene rings is 1. The van der Waals surface area contributed by atoms with Crippen LogP contribution < -0.4 is 10.2 Å². The summed E-state index contributed by atoms with van der Waals surface area (Å²) in [6, 6.07) is 2.97. The van der Waals surface area contributed by atoms with Crippen molar-refractivity contribution in [3.8, 4) is 0 Å². The van der Waals surface area contributed by atoms with Gasteiger partial charge in [0.2, 0.25) is 0 Å². The average Bonchev–Trinajstić information content (AvgIpc) is 2.44. The molecule has 0 saturated carbocycles. The molecular formula is C15H22F2N2O2. The summed E-state index contributed by atoms with van der Waals surface area (Å²) in [4.78, 5) is 1.59. The number of nitrogens with one attached hydrogen (secondary N) is 1. The lowest BCUT2D eigenvalue weighted by Crippen LogP contribution is -2.44. The van der Waals surface area contributed by atoms with Crippen molar-refractivity contribution in [1.82, 2.24) is 5.32 Å². The Morgan fingerprint density at radius 3 is 2.62 bits per heavy atom. The molecule has 1 aliphatic heterocycles. The van der Waals surface area contributed by atoms with E-state index in [0.29, 0.717) is 25.3 Å². The maximum Gasteiger partial charge on any atom is 0.149 e. The maximum absolute atomic E-state index is 14.2.